The van der Waals surface area contributed by atoms with Gasteiger partial charge in [0.15, 0.2) is 0 Å². The maximum absolute atomic E-state index is 12.0. The third-order valence-corrected chi connectivity index (χ3v) is 3.65. The van der Waals surface area contributed by atoms with Gasteiger partial charge in [-0.25, -0.2) is 0 Å². The summed E-state index contributed by atoms with van der Waals surface area (Å²) in [5.74, 6) is 0.142. The number of fused-ring (bicyclic) bond motifs is 1. The molecule has 2 rings (SSSR count). The molecule has 0 saturated heterocycles. The fraction of sp³-hybridized carbons (Fsp3) is 0.462. The summed E-state index contributed by atoms with van der Waals surface area (Å²) in [4.78, 5) is 18.0. The van der Waals surface area contributed by atoms with Crippen LogP contribution in [-0.4, -0.2) is 51.6 Å². The van der Waals surface area contributed by atoms with Crippen LogP contribution in [0, 0.1) is 0 Å². The Hall–Kier alpha value is -1.07. The van der Waals surface area contributed by atoms with E-state index in [9.17, 15) is 4.79 Å². The SMILES string of the molecule is CN(C)CCN1CC(=O)N(C)c2ccc(Br)cc21. The maximum Gasteiger partial charge on any atom is 0.246 e. The standard InChI is InChI=1S/C13H18BrN3O/c1-15(2)6-7-17-9-13(18)16(3)11-5-4-10(14)8-12(11)17/h4-5,8H,6-7,9H2,1-3H3. The number of anilines is 2. The Morgan fingerprint density at radius 3 is 2.72 bits per heavy atom. The molecule has 0 aliphatic carbocycles. The van der Waals surface area contributed by atoms with Crippen molar-refractivity contribution in [3.05, 3.63) is 22.7 Å². The third kappa shape index (κ3) is 2.67. The topological polar surface area (TPSA) is 26.8 Å². The molecule has 1 aromatic rings. The quantitative estimate of drug-likeness (QED) is 0.851. The molecule has 1 aromatic carbocycles. The van der Waals surface area contributed by atoms with E-state index in [4.69, 9.17) is 0 Å². The Kier molecular flexibility index (Phi) is 3.92. The van der Waals surface area contributed by atoms with Crippen LogP contribution in [0.1, 0.15) is 0 Å². The highest BCUT2D eigenvalue weighted by atomic mass is 79.9. The number of hydrogen-bond acceptors (Lipinski definition) is 3. The van der Waals surface area contributed by atoms with Crippen LogP contribution >= 0.6 is 15.9 Å². The van der Waals surface area contributed by atoms with Gasteiger partial charge in [-0.1, -0.05) is 15.9 Å². The molecule has 18 heavy (non-hydrogen) atoms. The molecule has 0 atom stereocenters. The van der Waals surface area contributed by atoms with Crippen LogP contribution in [0.25, 0.3) is 0 Å². The summed E-state index contributed by atoms with van der Waals surface area (Å²) in [7, 11) is 5.91. The monoisotopic (exact) mass is 311 g/mol. The summed E-state index contributed by atoms with van der Waals surface area (Å²) in [5, 5.41) is 0. The fourth-order valence-electron chi connectivity index (χ4n) is 2.04. The predicted octanol–water partition coefficient (Wildman–Crippen LogP) is 1.79. The summed E-state index contributed by atoms with van der Waals surface area (Å²) < 4.78 is 1.04. The Morgan fingerprint density at radius 1 is 1.33 bits per heavy atom. The van der Waals surface area contributed by atoms with Gasteiger partial charge in [-0.2, -0.15) is 0 Å². The zero-order chi connectivity index (χ0) is 13.3. The van der Waals surface area contributed by atoms with Crippen molar-refractivity contribution in [2.24, 2.45) is 0 Å². The molecular formula is C13H18BrN3O. The molecule has 0 saturated carbocycles. The third-order valence-electron chi connectivity index (χ3n) is 3.16. The minimum absolute atomic E-state index is 0.142. The van der Waals surface area contributed by atoms with Gasteiger partial charge in [0.1, 0.15) is 0 Å². The van der Waals surface area contributed by atoms with Crippen molar-refractivity contribution >= 4 is 33.2 Å². The number of carbonyl (C=O) groups is 1. The number of hydrogen-bond donors (Lipinski definition) is 0. The van der Waals surface area contributed by atoms with Crippen molar-refractivity contribution in [2.45, 2.75) is 0 Å². The smallest absolute Gasteiger partial charge is 0.246 e. The van der Waals surface area contributed by atoms with E-state index < -0.39 is 0 Å². The van der Waals surface area contributed by atoms with E-state index in [-0.39, 0.29) is 5.91 Å². The number of amides is 1. The zero-order valence-electron chi connectivity index (χ0n) is 11.0. The Balaban J connectivity index is 2.30. The summed E-state index contributed by atoms with van der Waals surface area (Å²) in [5.41, 5.74) is 2.10. The molecule has 5 heteroatoms. The van der Waals surface area contributed by atoms with Crippen LogP contribution in [0.4, 0.5) is 11.4 Å². The number of halogens is 1. The van der Waals surface area contributed by atoms with E-state index in [2.05, 4.69) is 31.8 Å². The molecule has 4 nitrogen and oxygen atoms in total. The van der Waals surface area contributed by atoms with Crippen molar-refractivity contribution in [3.8, 4) is 0 Å². The van der Waals surface area contributed by atoms with Crippen molar-refractivity contribution in [2.75, 3.05) is 50.6 Å². The van der Waals surface area contributed by atoms with Crippen LogP contribution in [0.2, 0.25) is 0 Å². The van der Waals surface area contributed by atoms with E-state index in [1.165, 1.54) is 0 Å². The van der Waals surface area contributed by atoms with E-state index in [1.54, 1.807) is 4.90 Å². The first-order valence-electron chi connectivity index (χ1n) is 5.95. The van der Waals surface area contributed by atoms with Gasteiger partial charge in [0.05, 0.1) is 17.9 Å². The number of likely N-dealkylation sites (N-methyl/N-ethyl adjacent to an activating group) is 2. The van der Waals surface area contributed by atoms with Gasteiger partial charge in [-0.15, -0.1) is 0 Å². The van der Waals surface area contributed by atoms with Gasteiger partial charge in [0.25, 0.3) is 0 Å². The summed E-state index contributed by atoms with van der Waals surface area (Å²) >= 11 is 3.49. The number of nitrogens with zero attached hydrogens (tertiary/aromatic N) is 3. The van der Waals surface area contributed by atoms with Crippen molar-refractivity contribution in [1.29, 1.82) is 0 Å². The van der Waals surface area contributed by atoms with Crippen LogP contribution in [-0.2, 0) is 4.79 Å². The molecule has 1 amide bonds. The lowest BCUT2D eigenvalue weighted by atomic mass is 10.1. The van der Waals surface area contributed by atoms with Gasteiger partial charge >= 0.3 is 0 Å². The summed E-state index contributed by atoms with van der Waals surface area (Å²) in [6.07, 6.45) is 0. The van der Waals surface area contributed by atoms with E-state index in [1.807, 2.05) is 33.3 Å². The first-order chi connectivity index (χ1) is 8.49. The Bertz CT molecular complexity index is 462. The highest BCUT2D eigenvalue weighted by Gasteiger charge is 2.26. The molecule has 1 aliphatic heterocycles. The lowest BCUT2D eigenvalue weighted by molar-refractivity contribution is -0.117. The van der Waals surface area contributed by atoms with Crippen LogP contribution in [0.5, 0.6) is 0 Å². The van der Waals surface area contributed by atoms with E-state index in [0.717, 1.165) is 28.9 Å². The van der Waals surface area contributed by atoms with Gasteiger partial charge in [-0.05, 0) is 32.3 Å². The summed E-state index contributed by atoms with van der Waals surface area (Å²) in [6.45, 7) is 2.24. The molecule has 0 fully saturated rings. The van der Waals surface area contributed by atoms with Crippen molar-refractivity contribution in [3.63, 3.8) is 0 Å². The van der Waals surface area contributed by atoms with Gasteiger partial charge in [0.2, 0.25) is 5.91 Å². The minimum atomic E-state index is 0.142. The Labute approximate surface area is 116 Å². The lowest BCUT2D eigenvalue weighted by Crippen LogP contribution is -2.45. The van der Waals surface area contributed by atoms with Gasteiger partial charge in [-0.3, -0.25) is 4.79 Å². The Morgan fingerprint density at radius 2 is 2.06 bits per heavy atom. The molecule has 0 bridgehead atoms. The highest BCUT2D eigenvalue weighted by Crippen LogP contribution is 2.34. The van der Waals surface area contributed by atoms with Crippen LogP contribution in [0.15, 0.2) is 22.7 Å². The van der Waals surface area contributed by atoms with Gasteiger partial charge < -0.3 is 14.7 Å². The normalized spacial score (nSPS) is 15.3. The first kappa shape index (κ1) is 13.4. The van der Waals surface area contributed by atoms with E-state index in [0.29, 0.717) is 6.54 Å². The number of rotatable bonds is 3. The van der Waals surface area contributed by atoms with Gasteiger partial charge in [0, 0.05) is 24.6 Å². The van der Waals surface area contributed by atoms with Crippen molar-refractivity contribution < 1.29 is 4.79 Å². The molecular weight excluding hydrogens is 294 g/mol. The average molecular weight is 312 g/mol. The summed E-state index contributed by atoms with van der Waals surface area (Å²) in [6, 6.07) is 6.03. The predicted molar refractivity (Wildman–Crippen MR) is 78.3 cm³/mol. The highest BCUT2D eigenvalue weighted by molar-refractivity contribution is 9.10. The molecule has 0 N–H and O–H groups in total. The lowest BCUT2D eigenvalue weighted by Gasteiger charge is -2.36. The largest absolute Gasteiger partial charge is 0.359 e. The molecule has 0 unspecified atom stereocenters. The zero-order valence-corrected chi connectivity index (χ0v) is 12.6. The molecule has 0 radical (unpaired) electrons. The average Bonchev–Trinajstić information content (AvgIpc) is 2.31. The van der Waals surface area contributed by atoms with Crippen LogP contribution in [0.3, 0.4) is 0 Å². The molecule has 1 heterocycles. The fourth-order valence-corrected chi connectivity index (χ4v) is 2.39. The first-order valence-corrected chi connectivity index (χ1v) is 6.74. The molecule has 98 valence electrons. The molecule has 0 aromatic heterocycles. The second-order valence-corrected chi connectivity index (χ2v) is 5.73. The molecule has 0 spiro atoms. The molecule has 1 aliphatic rings. The number of benzene rings is 1. The van der Waals surface area contributed by atoms with Crippen LogP contribution < -0.4 is 9.80 Å². The number of carbonyl (C=O) groups excluding carboxylic acids is 1. The van der Waals surface area contributed by atoms with E-state index >= 15 is 0 Å². The maximum atomic E-state index is 12.0. The minimum Gasteiger partial charge on any atom is -0.359 e. The van der Waals surface area contributed by atoms with Crippen molar-refractivity contribution in [1.82, 2.24) is 4.90 Å². The second kappa shape index (κ2) is 5.28. The second-order valence-electron chi connectivity index (χ2n) is 4.81.